The molecule has 2 saturated carbocycles. The molecule has 4 aliphatic rings. The Morgan fingerprint density at radius 3 is 2.35 bits per heavy atom. The van der Waals surface area contributed by atoms with Crippen molar-refractivity contribution in [2.24, 2.45) is 29.4 Å². The van der Waals surface area contributed by atoms with Gasteiger partial charge < -0.3 is 36.4 Å². The minimum Gasteiger partial charge on any atom is -0.508 e. The van der Waals surface area contributed by atoms with Crippen LogP contribution in [0.25, 0.3) is 5.76 Å². The molecular formula is C31H40N4O8. The second-order valence-electron chi connectivity index (χ2n) is 12.8. The Morgan fingerprint density at radius 1 is 1.12 bits per heavy atom. The molecule has 0 bridgehead atoms. The number of aromatic hydroxyl groups is 1. The summed E-state index contributed by atoms with van der Waals surface area (Å²) in [6.45, 7) is 2.03. The van der Waals surface area contributed by atoms with Gasteiger partial charge in [0.1, 0.15) is 22.8 Å². The SMILES string of the molecule is CC1CCC[C@@H]1C(=O)NCc1cc(N(C)C)c2c(c1O)C(O)=C1C(=O)C3(O)C(O)=C(C(N)=O)C(=O)C(N(C)C)C3CC1C2. The van der Waals surface area contributed by atoms with Crippen LogP contribution in [-0.4, -0.2) is 88.5 Å². The van der Waals surface area contributed by atoms with Gasteiger partial charge in [0.2, 0.25) is 11.7 Å². The predicted octanol–water partition coefficient (Wildman–Crippen LogP) is 1.08. The van der Waals surface area contributed by atoms with Gasteiger partial charge in [0, 0.05) is 49.3 Å². The van der Waals surface area contributed by atoms with E-state index >= 15 is 0 Å². The van der Waals surface area contributed by atoms with Gasteiger partial charge in [0.05, 0.1) is 11.6 Å². The van der Waals surface area contributed by atoms with E-state index in [-0.39, 0.29) is 54.0 Å². The third-order valence-corrected chi connectivity index (χ3v) is 9.91. The van der Waals surface area contributed by atoms with Crippen molar-refractivity contribution in [2.75, 3.05) is 33.1 Å². The number of carbonyl (C=O) groups is 4. The fraction of sp³-hybridized carbons (Fsp3) is 0.548. The summed E-state index contributed by atoms with van der Waals surface area (Å²) < 4.78 is 0. The molecule has 0 aliphatic heterocycles. The minimum absolute atomic E-state index is 0.000901. The summed E-state index contributed by atoms with van der Waals surface area (Å²) in [6, 6.07) is 0.597. The van der Waals surface area contributed by atoms with Crippen molar-refractivity contribution in [3.05, 3.63) is 39.7 Å². The van der Waals surface area contributed by atoms with Crippen molar-refractivity contribution in [3.8, 4) is 5.75 Å². The number of likely N-dealkylation sites (N-methyl/N-ethyl adjacent to an activating group) is 1. The van der Waals surface area contributed by atoms with Gasteiger partial charge in [-0.15, -0.1) is 0 Å². The van der Waals surface area contributed by atoms with Crippen molar-refractivity contribution in [1.82, 2.24) is 10.2 Å². The van der Waals surface area contributed by atoms with Gasteiger partial charge in [-0.2, -0.15) is 0 Å². The number of nitrogens with two attached hydrogens (primary N) is 1. The van der Waals surface area contributed by atoms with Crippen molar-refractivity contribution in [3.63, 3.8) is 0 Å². The molecule has 43 heavy (non-hydrogen) atoms. The summed E-state index contributed by atoms with van der Waals surface area (Å²) in [4.78, 5) is 55.7. The highest BCUT2D eigenvalue weighted by Crippen LogP contribution is 2.54. The van der Waals surface area contributed by atoms with Crippen molar-refractivity contribution < 1.29 is 39.6 Å². The molecule has 12 heteroatoms. The van der Waals surface area contributed by atoms with Crippen LogP contribution in [0.1, 0.15) is 49.3 Å². The number of benzene rings is 1. The average Bonchev–Trinajstić information content (AvgIpc) is 3.35. The number of anilines is 1. The lowest BCUT2D eigenvalue weighted by Gasteiger charge is -2.50. The molecular weight excluding hydrogens is 556 g/mol. The Hall–Kier alpha value is -3.90. The summed E-state index contributed by atoms with van der Waals surface area (Å²) in [6.07, 6.45) is 2.95. The minimum atomic E-state index is -2.70. The number of hydrogen-bond acceptors (Lipinski definition) is 10. The number of fused-ring (bicyclic) bond motifs is 3. The van der Waals surface area contributed by atoms with Crippen LogP contribution in [0, 0.1) is 23.7 Å². The number of rotatable bonds is 6. The number of nitrogens with zero attached hydrogens (tertiary/aromatic N) is 2. The summed E-state index contributed by atoms with van der Waals surface area (Å²) in [5.41, 5.74) is 3.18. The summed E-state index contributed by atoms with van der Waals surface area (Å²) in [5, 5.41) is 48.8. The van der Waals surface area contributed by atoms with Gasteiger partial charge >= 0.3 is 0 Å². The number of carbonyl (C=O) groups excluding carboxylic acids is 4. The van der Waals surface area contributed by atoms with Gasteiger partial charge in [0.15, 0.2) is 11.4 Å². The number of phenolic OH excluding ortho intramolecular Hbond substituents is 1. The second kappa shape index (κ2) is 10.7. The molecule has 1 aromatic rings. The van der Waals surface area contributed by atoms with Crippen LogP contribution in [0.3, 0.4) is 0 Å². The number of phenols is 1. The van der Waals surface area contributed by atoms with Gasteiger partial charge in [-0.1, -0.05) is 13.3 Å². The van der Waals surface area contributed by atoms with Crippen LogP contribution < -0.4 is 16.0 Å². The molecule has 0 saturated heterocycles. The quantitative estimate of drug-likeness (QED) is 0.259. The maximum absolute atomic E-state index is 14.1. The van der Waals surface area contributed by atoms with Gasteiger partial charge in [-0.05, 0) is 63.2 Å². The molecule has 6 atom stereocenters. The summed E-state index contributed by atoms with van der Waals surface area (Å²) in [7, 11) is 6.71. The lowest BCUT2D eigenvalue weighted by molar-refractivity contribution is -0.153. The predicted molar refractivity (Wildman–Crippen MR) is 157 cm³/mol. The van der Waals surface area contributed by atoms with Crippen LogP contribution in [-0.2, 0) is 32.1 Å². The standard InChI is InChI=1S/C31H40N4O8/c1-13-7-6-8-16(13)30(42)33-12-15-11-19(34(2)3)17-9-14-10-18-23(35(4)5)26(38)22(29(32)41)28(40)31(18,43)27(39)20(14)25(37)21(17)24(15)36/h11,13-14,16,18,23,36-37,40,43H,6-10,12H2,1-5H3,(H2,32,41)(H,33,42)/t13?,14?,16-,18?,23?,31?/m0/s1. The topological polar surface area (TPSA) is 194 Å². The number of hydrogen-bond donors (Lipinski definition) is 6. The van der Waals surface area contributed by atoms with Crippen LogP contribution in [0.2, 0.25) is 0 Å². The number of aliphatic hydroxyl groups is 3. The van der Waals surface area contributed by atoms with Crippen molar-refractivity contribution in [2.45, 2.75) is 57.2 Å². The Balaban J connectivity index is 1.62. The third-order valence-electron chi connectivity index (χ3n) is 9.91. The lowest BCUT2D eigenvalue weighted by Crippen LogP contribution is -2.65. The highest BCUT2D eigenvalue weighted by molar-refractivity contribution is 6.24. The smallest absolute Gasteiger partial charge is 0.255 e. The van der Waals surface area contributed by atoms with E-state index in [1.54, 1.807) is 34.3 Å². The molecule has 12 nitrogen and oxygen atoms in total. The molecule has 4 aliphatic carbocycles. The molecule has 232 valence electrons. The fourth-order valence-electron chi connectivity index (χ4n) is 7.73. The molecule has 2 fully saturated rings. The molecule has 1 aromatic carbocycles. The van der Waals surface area contributed by atoms with E-state index in [0.717, 1.165) is 19.3 Å². The molecule has 0 heterocycles. The Kier molecular flexibility index (Phi) is 7.58. The van der Waals surface area contributed by atoms with E-state index < -0.39 is 58.0 Å². The maximum atomic E-state index is 14.1. The summed E-state index contributed by atoms with van der Waals surface area (Å²) >= 11 is 0. The van der Waals surface area contributed by atoms with Crippen molar-refractivity contribution >= 4 is 34.8 Å². The number of ketones is 2. The van der Waals surface area contributed by atoms with E-state index in [2.05, 4.69) is 5.32 Å². The van der Waals surface area contributed by atoms with E-state index in [1.807, 2.05) is 11.8 Å². The maximum Gasteiger partial charge on any atom is 0.255 e. The average molecular weight is 597 g/mol. The number of aliphatic hydroxyl groups excluding tert-OH is 2. The lowest BCUT2D eigenvalue weighted by atomic mass is 9.57. The third kappa shape index (κ3) is 4.50. The van der Waals surface area contributed by atoms with E-state index in [0.29, 0.717) is 16.8 Å². The van der Waals surface area contributed by atoms with Gasteiger partial charge in [-0.25, -0.2) is 0 Å². The molecule has 5 unspecified atom stereocenters. The molecule has 0 spiro atoms. The van der Waals surface area contributed by atoms with E-state index in [9.17, 15) is 39.6 Å². The Bertz CT molecular complexity index is 1490. The highest BCUT2D eigenvalue weighted by Gasteiger charge is 2.64. The zero-order valence-corrected chi connectivity index (χ0v) is 25.1. The number of amides is 2. The molecule has 5 rings (SSSR count). The van der Waals surface area contributed by atoms with E-state index in [1.165, 1.54) is 4.90 Å². The first kappa shape index (κ1) is 30.6. The fourth-order valence-corrected chi connectivity index (χ4v) is 7.73. The summed E-state index contributed by atoms with van der Waals surface area (Å²) in [5.74, 6) is -6.92. The van der Waals surface area contributed by atoms with Gasteiger partial charge in [-0.3, -0.25) is 24.1 Å². The van der Waals surface area contributed by atoms with Crippen LogP contribution in [0.5, 0.6) is 5.75 Å². The zero-order chi connectivity index (χ0) is 31.7. The molecule has 2 amide bonds. The van der Waals surface area contributed by atoms with E-state index in [4.69, 9.17) is 5.73 Å². The number of Topliss-reactive ketones (excluding diaryl/α,β-unsaturated/α-hetero) is 2. The Morgan fingerprint density at radius 2 is 1.79 bits per heavy atom. The zero-order valence-electron chi connectivity index (χ0n) is 25.1. The van der Waals surface area contributed by atoms with Gasteiger partial charge in [0.25, 0.3) is 5.91 Å². The van der Waals surface area contributed by atoms with Crippen molar-refractivity contribution in [1.29, 1.82) is 0 Å². The second-order valence-corrected chi connectivity index (χ2v) is 12.8. The highest BCUT2D eigenvalue weighted by atomic mass is 16.3. The largest absolute Gasteiger partial charge is 0.508 e. The molecule has 7 N–H and O–H groups in total. The van der Waals surface area contributed by atoms with Crippen LogP contribution in [0.4, 0.5) is 5.69 Å². The number of nitrogens with one attached hydrogen (secondary N) is 1. The Labute approximate surface area is 249 Å². The first-order valence-electron chi connectivity index (χ1n) is 14.6. The van der Waals surface area contributed by atoms with Crippen LogP contribution in [0.15, 0.2) is 23.0 Å². The first-order valence-corrected chi connectivity index (χ1v) is 14.6. The van der Waals surface area contributed by atoms with Crippen LogP contribution >= 0.6 is 0 Å². The normalized spacial score (nSPS) is 30.3. The monoisotopic (exact) mass is 596 g/mol. The molecule has 0 aromatic heterocycles. The molecule has 0 radical (unpaired) electrons. The first-order chi connectivity index (χ1) is 20.1. The number of primary amides is 1.